The van der Waals surface area contributed by atoms with Crippen LogP contribution in [0.15, 0.2) is 47.2 Å². The number of phenolic OH excluding ortho intramolecular Hbond substituents is 1. The number of halogens is 1. The molecular formula is C31H31FN2O7. The van der Waals surface area contributed by atoms with Gasteiger partial charge in [-0.1, -0.05) is 31.2 Å². The predicted molar refractivity (Wildman–Crippen MR) is 145 cm³/mol. The van der Waals surface area contributed by atoms with Crippen LogP contribution in [0.2, 0.25) is 0 Å². The Labute approximate surface area is 235 Å². The standard InChI is InChI=1S/C31H31FN2O7/c1-2-34(19-8-14-5-3-4-6-15(14)9-19)13-17-11-21(35)24-20(26(17)32)10-16-7-18-12-22(36)25(30(33)40)29(39)31(18,41)28(38)23(16)27(24)37/h3-6,11,16,18-19,35,37,39,41H,2,7-10,12-13H2,1H3,(H2,33,40)/t16?,18-,31-/m0/s1. The number of likely N-dealkylation sites (N-methyl/N-ethyl adjacent to an activating group) is 1. The fraction of sp³-hybridized carbons (Fsp3) is 0.387. The number of rotatable bonds is 5. The predicted octanol–water partition coefficient (Wildman–Crippen LogP) is 2.55. The number of ketones is 2. The van der Waals surface area contributed by atoms with Gasteiger partial charge in [0.25, 0.3) is 5.91 Å². The Morgan fingerprint density at radius 3 is 2.37 bits per heavy atom. The summed E-state index contributed by atoms with van der Waals surface area (Å²) >= 11 is 0. The van der Waals surface area contributed by atoms with Gasteiger partial charge in [0.15, 0.2) is 11.4 Å². The average molecular weight is 563 g/mol. The van der Waals surface area contributed by atoms with Crippen LogP contribution in [-0.2, 0) is 40.2 Å². The highest BCUT2D eigenvalue weighted by Crippen LogP contribution is 2.52. The monoisotopic (exact) mass is 562 g/mol. The summed E-state index contributed by atoms with van der Waals surface area (Å²) in [4.78, 5) is 40.1. The number of hydrogen-bond donors (Lipinski definition) is 5. The number of fused-ring (bicyclic) bond motifs is 4. The maximum absolute atomic E-state index is 16.1. The molecule has 3 atom stereocenters. The van der Waals surface area contributed by atoms with E-state index in [2.05, 4.69) is 17.0 Å². The van der Waals surface area contributed by atoms with Crippen LogP contribution in [-0.4, -0.2) is 61.0 Å². The van der Waals surface area contributed by atoms with Gasteiger partial charge in [-0.25, -0.2) is 4.39 Å². The second-order valence-corrected chi connectivity index (χ2v) is 11.5. The molecule has 2 aromatic rings. The molecule has 0 saturated heterocycles. The highest BCUT2D eigenvalue weighted by Gasteiger charge is 2.60. The Balaban J connectivity index is 1.37. The minimum Gasteiger partial charge on any atom is -0.508 e. The molecule has 4 aliphatic rings. The summed E-state index contributed by atoms with van der Waals surface area (Å²) < 4.78 is 16.1. The van der Waals surface area contributed by atoms with Crippen molar-refractivity contribution in [1.82, 2.24) is 4.90 Å². The zero-order chi connectivity index (χ0) is 29.4. The summed E-state index contributed by atoms with van der Waals surface area (Å²) in [6.07, 6.45) is 1.13. The van der Waals surface area contributed by atoms with E-state index in [-0.39, 0.29) is 47.7 Å². The maximum Gasteiger partial charge on any atom is 0.255 e. The molecule has 0 spiro atoms. The zero-order valence-corrected chi connectivity index (χ0v) is 22.5. The molecule has 9 nitrogen and oxygen atoms in total. The van der Waals surface area contributed by atoms with Crippen LogP contribution >= 0.6 is 0 Å². The first-order valence-corrected chi connectivity index (χ1v) is 13.8. The van der Waals surface area contributed by atoms with Gasteiger partial charge in [0.2, 0.25) is 5.78 Å². The van der Waals surface area contributed by atoms with Crippen LogP contribution in [0.3, 0.4) is 0 Å². The maximum atomic E-state index is 16.1. The van der Waals surface area contributed by atoms with Crippen molar-refractivity contribution in [2.45, 2.75) is 57.2 Å². The SMILES string of the molecule is CCN(Cc1cc(O)c2c(c1F)CC1C[C@H]3CC(=O)C(C(N)=O)=C(O)[C@@]3(O)C(=O)C1=C2O)C1Cc2ccccc2C1. The first kappa shape index (κ1) is 27.2. The summed E-state index contributed by atoms with van der Waals surface area (Å²) in [6, 6.07) is 9.61. The fourth-order valence-corrected chi connectivity index (χ4v) is 7.35. The van der Waals surface area contributed by atoms with Gasteiger partial charge in [-0.05, 0) is 55.3 Å². The van der Waals surface area contributed by atoms with E-state index in [1.807, 2.05) is 19.1 Å². The fourth-order valence-electron chi connectivity index (χ4n) is 7.35. The van der Waals surface area contributed by atoms with Crippen molar-refractivity contribution in [1.29, 1.82) is 0 Å². The molecule has 6 rings (SSSR count). The molecule has 1 unspecified atom stereocenters. The largest absolute Gasteiger partial charge is 0.508 e. The van der Waals surface area contributed by atoms with Crippen LogP contribution in [0.4, 0.5) is 4.39 Å². The van der Waals surface area contributed by atoms with Gasteiger partial charge in [0, 0.05) is 41.6 Å². The number of primary amides is 1. The molecule has 1 saturated carbocycles. The molecule has 0 aliphatic heterocycles. The number of benzene rings is 2. The quantitative estimate of drug-likeness (QED) is 0.348. The van der Waals surface area contributed by atoms with E-state index in [9.17, 15) is 34.8 Å². The van der Waals surface area contributed by atoms with E-state index in [1.165, 1.54) is 17.2 Å². The van der Waals surface area contributed by atoms with E-state index in [0.717, 1.165) is 12.8 Å². The van der Waals surface area contributed by atoms with Gasteiger partial charge in [0.05, 0.1) is 5.56 Å². The van der Waals surface area contributed by atoms with Crippen molar-refractivity contribution >= 4 is 23.2 Å². The Bertz CT molecular complexity index is 1570. The highest BCUT2D eigenvalue weighted by molar-refractivity contribution is 6.22. The van der Waals surface area contributed by atoms with E-state index in [1.54, 1.807) is 0 Å². The summed E-state index contributed by atoms with van der Waals surface area (Å²) in [6.45, 7) is 2.88. The van der Waals surface area contributed by atoms with Gasteiger partial charge < -0.3 is 26.2 Å². The van der Waals surface area contributed by atoms with Crippen LogP contribution in [0.25, 0.3) is 5.76 Å². The molecule has 6 N–H and O–H groups in total. The Hall–Kier alpha value is -4.02. The van der Waals surface area contributed by atoms with Gasteiger partial charge in [-0.2, -0.15) is 0 Å². The van der Waals surface area contributed by atoms with E-state index in [0.29, 0.717) is 6.54 Å². The molecule has 2 aromatic carbocycles. The van der Waals surface area contributed by atoms with Gasteiger partial charge >= 0.3 is 0 Å². The second-order valence-electron chi connectivity index (χ2n) is 11.5. The normalized spacial score (nSPS) is 25.8. The van der Waals surface area contributed by atoms with Crippen molar-refractivity contribution in [2.24, 2.45) is 17.6 Å². The second kappa shape index (κ2) is 9.53. The van der Waals surface area contributed by atoms with Crippen molar-refractivity contribution in [3.8, 4) is 5.75 Å². The lowest BCUT2D eigenvalue weighted by molar-refractivity contribution is -0.147. The molecule has 10 heteroatoms. The molecule has 1 fully saturated rings. The lowest BCUT2D eigenvalue weighted by Gasteiger charge is -2.46. The lowest BCUT2D eigenvalue weighted by Crippen LogP contribution is -2.58. The van der Waals surface area contributed by atoms with Gasteiger partial charge in [-0.3, -0.25) is 19.3 Å². The molecule has 0 bridgehead atoms. The summed E-state index contributed by atoms with van der Waals surface area (Å²) in [7, 11) is 0. The Kier molecular flexibility index (Phi) is 6.31. The number of aliphatic hydroxyl groups is 3. The van der Waals surface area contributed by atoms with E-state index >= 15 is 4.39 Å². The van der Waals surface area contributed by atoms with Gasteiger partial charge in [0.1, 0.15) is 28.7 Å². The number of aromatic hydroxyl groups is 1. The summed E-state index contributed by atoms with van der Waals surface area (Å²) in [5.41, 5.74) is 4.02. The van der Waals surface area contributed by atoms with E-state index < -0.39 is 70.0 Å². The number of nitrogens with zero attached hydrogens (tertiary/aromatic N) is 1. The molecule has 1 amide bonds. The first-order valence-electron chi connectivity index (χ1n) is 13.8. The van der Waals surface area contributed by atoms with Gasteiger partial charge in [-0.15, -0.1) is 0 Å². The molecule has 0 heterocycles. The first-order chi connectivity index (χ1) is 19.5. The number of carbonyl (C=O) groups is 3. The Morgan fingerprint density at radius 1 is 1.10 bits per heavy atom. The molecule has 0 radical (unpaired) electrons. The zero-order valence-electron chi connectivity index (χ0n) is 22.5. The van der Waals surface area contributed by atoms with Crippen LogP contribution in [0.5, 0.6) is 5.75 Å². The Morgan fingerprint density at radius 2 is 1.76 bits per heavy atom. The molecular weight excluding hydrogens is 531 g/mol. The van der Waals surface area contributed by atoms with Crippen LogP contribution in [0, 0.1) is 17.7 Å². The summed E-state index contributed by atoms with van der Waals surface area (Å²) in [5.74, 6) is -7.91. The van der Waals surface area contributed by atoms with Crippen molar-refractivity contribution in [3.05, 3.63) is 80.9 Å². The molecule has 0 aromatic heterocycles. The average Bonchev–Trinajstić information content (AvgIpc) is 3.35. The number of carbonyl (C=O) groups excluding carboxylic acids is 3. The lowest BCUT2D eigenvalue weighted by atomic mass is 9.59. The number of Topliss-reactive ketones (excluding diaryl/α,β-unsaturated/α-hetero) is 2. The third-order valence-corrected chi connectivity index (χ3v) is 9.40. The number of hydrogen-bond acceptors (Lipinski definition) is 8. The van der Waals surface area contributed by atoms with Crippen LogP contribution in [0.1, 0.15) is 47.6 Å². The highest BCUT2D eigenvalue weighted by atomic mass is 19.1. The molecule has 214 valence electrons. The number of aliphatic hydroxyl groups excluding tert-OH is 2. The third-order valence-electron chi connectivity index (χ3n) is 9.40. The summed E-state index contributed by atoms with van der Waals surface area (Å²) in [5, 5.41) is 44.2. The molecule has 4 aliphatic carbocycles. The topological polar surface area (TPSA) is 161 Å². The molecule has 41 heavy (non-hydrogen) atoms. The van der Waals surface area contributed by atoms with Crippen molar-refractivity contribution in [2.75, 3.05) is 6.54 Å². The van der Waals surface area contributed by atoms with Crippen molar-refractivity contribution in [3.63, 3.8) is 0 Å². The van der Waals surface area contributed by atoms with Crippen molar-refractivity contribution < 1.29 is 39.2 Å². The van der Waals surface area contributed by atoms with Crippen LogP contribution < -0.4 is 5.73 Å². The number of nitrogens with two attached hydrogens (primary N) is 1. The number of phenols is 1. The minimum absolute atomic E-state index is 0.0469. The third kappa shape index (κ3) is 3.92. The minimum atomic E-state index is -2.65. The number of amides is 1. The smallest absolute Gasteiger partial charge is 0.255 e. The van der Waals surface area contributed by atoms with E-state index in [4.69, 9.17) is 5.73 Å².